The van der Waals surface area contributed by atoms with Crippen molar-refractivity contribution in [2.45, 2.75) is 4.90 Å². The Morgan fingerprint density at radius 2 is 1.61 bits per heavy atom. The van der Waals surface area contributed by atoms with Gasteiger partial charge in [0.05, 0.1) is 10.5 Å². The first-order chi connectivity index (χ1) is 15.0. The van der Waals surface area contributed by atoms with Crippen LogP contribution in [-0.4, -0.2) is 60.0 Å². The van der Waals surface area contributed by atoms with Crippen molar-refractivity contribution in [3.8, 4) is 0 Å². The van der Waals surface area contributed by atoms with Crippen LogP contribution >= 0.6 is 0 Å². The van der Waals surface area contributed by atoms with Gasteiger partial charge in [0.25, 0.3) is 5.91 Å². The van der Waals surface area contributed by atoms with Crippen LogP contribution in [-0.2, 0) is 10.0 Å². The summed E-state index contributed by atoms with van der Waals surface area (Å²) in [4.78, 5) is 22.2. The number of fused-ring (bicyclic) bond motifs is 2. The number of anilines is 1. The third kappa shape index (κ3) is 3.52. The molecular weight excluding hydrogens is 418 g/mol. The highest BCUT2D eigenvalue weighted by Crippen LogP contribution is 2.35. The molecule has 2 unspecified atom stereocenters. The Hall–Kier alpha value is -3.08. The van der Waals surface area contributed by atoms with Gasteiger partial charge in [-0.1, -0.05) is 30.3 Å². The molecule has 0 spiro atoms. The fourth-order valence-electron chi connectivity index (χ4n) is 4.45. The molecule has 3 aromatic rings. The van der Waals surface area contributed by atoms with Crippen molar-refractivity contribution < 1.29 is 18.4 Å². The van der Waals surface area contributed by atoms with Crippen LogP contribution in [0.25, 0.3) is 10.8 Å². The van der Waals surface area contributed by atoms with Crippen molar-refractivity contribution in [3.05, 3.63) is 60.4 Å². The van der Waals surface area contributed by atoms with Crippen molar-refractivity contribution in [1.82, 2.24) is 19.8 Å². The number of rotatable bonds is 4. The SMILES string of the molecule is O=C(NO)c1cnc(N2CC3CN(S(=O)(=O)c4ccc5ccccc5c4)CC3C2)nc1. The van der Waals surface area contributed by atoms with Crippen molar-refractivity contribution in [1.29, 1.82) is 0 Å². The summed E-state index contributed by atoms with van der Waals surface area (Å²) in [6, 6.07) is 13.0. The van der Waals surface area contributed by atoms with Gasteiger partial charge in [-0.2, -0.15) is 4.31 Å². The van der Waals surface area contributed by atoms with E-state index in [4.69, 9.17) is 5.21 Å². The lowest BCUT2D eigenvalue weighted by Crippen LogP contribution is -2.33. The van der Waals surface area contributed by atoms with Crippen LogP contribution in [0.4, 0.5) is 5.95 Å². The molecule has 2 aliphatic rings. The second kappa shape index (κ2) is 7.56. The molecule has 0 saturated carbocycles. The molecule has 10 heteroatoms. The molecule has 9 nitrogen and oxygen atoms in total. The van der Waals surface area contributed by atoms with Gasteiger partial charge in [0.15, 0.2) is 0 Å². The molecule has 0 bridgehead atoms. The van der Waals surface area contributed by atoms with E-state index in [1.54, 1.807) is 21.9 Å². The molecule has 2 saturated heterocycles. The summed E-state index contributed by atoms with van der Waals surface area (Å²) in [5.74, 6) is 0.214. The number of carbonyl (C=O) groups is 1. The summed E-state index contributed by atoms with van der Waals surface area (Å²) < 4.78 is 28.0. The maximum absolute atomic E-state index is 13.2. The van der Waals surface area contributed by atoms with Gasteiger partial charge in [0.1, 0.15) is 0 Å². The number of benzene rings is 2. The molecule has 2 N–H and O–H groups in total. The van der Waals surface area contributed by atoms with Crippen molar-refractivity contribution in [2.24, 2.45) is 11.8 Å². The lowest BCUT2D eigenvalue weighted by Gasteiger charge is -2.21. The number of hydrogen-bond donors (Lipinski definition) is 2. The number of aromatic nitrogens is 2. The molecule has 160 valence electrons. The summed E-state index contributed by atoms with van der Waals surface area (Å²) in [7, 11) is -3.56. The highest BCUT2D eigenvalue weighted by atomic mass is 32.2. The second-order valence-corrected chi connectivity index (χ2v) is 9.91. The van der Waals surface area contributed by atoms with Crippen LogP contribution < -0.4 is 10.4 Å². The van der Waals surface area contributed by atoms with E-state index in [-0.39, 0.29) is 17.4 Å². The summed E-state index contributed by atoms with van der Waals surface area (Å²) in [6.07, 6.45) is 2.72. The van der Waals surface area contributed by atoms with E-state index in [2.05, 4.69) is 9.97 Å². The van der Waals surface area contributed by atoms with Gasteiger partial charge in [0.2, 0.25) is 16.0 Å². The number of nitrogens with zero attached hydrogens (tertiary/aromatic N) is 4. The molecule has 2 atom stereocenters. The molecule has 1 aromatic heterocycles. The summed E-state index contributed by atoms with van der Waals surface area (Å²) in [5.41, 5.74) is 1.71. The zero-order chi connectivity index (χ0) is 21.6. The Morgan fingerprint density at radius 1 is 0.968 bits per heavy atom. The zero-order valence-electron chi connectivity index (χ0n) is 16.5. The maximum atomic E-state index is 13.2. The Labute approximate surface area is 179 Å². The minimum Gasteiger partial charge on any atom is -0.340 e. The van der Waals surface area contributed by atoms with Gasteiger partial charge in [-0.15, -0.1) is 0 Å². The Balaban J connectivity index is 1.29. The van der Waals surface area contributed by atoms with Crippen LogP contribution in [0.1, 0.15) is 10.4 Å². The van der Waals surface area contributed by atoms with Gasteiger partial charge in [-0.3, -0.25) is 10.0 Å². The average Bonchev–Trinajstić information content (AvgIpc) is 3.38. The molecule has 2 fully saturated rings. The van der Waals surface area contributed by atoms with Gasteiger partial charge >= 0.3 is 0 Å². The van der Waals surface area contributed by atoms with Gasteiger partial charge in [-0.05, 0) is 34.7 Å². The van der Waals surface area contributed by atoms with Gasteiger partial charge in [0, 0.05) is 38.6 Å². The quantitative estimate of drug-likeness (QED) is 0.468. The lowest BCUT2D eigenvalue weighted by atomic mass is 10.0. The van der Waals surface area contributed by atoms with E-state index < -0.39 is 15.9 Å². The summed E-state index contributed by atoms with van der Waals surface area (Å²) >= 11 is 0. The van der Waals surface area contributed by atoms with E-state index in [9.17, 15) is 13.2 Å². The number of hydrogen-bond acceptors (Lipinski definition) is 7. The fraction of sp³-hybridized carbons (Fsp3) is 0.286. The van der Waals surface area contributed by atoms with Crippen LogP contribution in [0, 0.1) is 11.8 Å². The van der Waals surface area contributed by atoms with E-state index in [1.165, 1.54) is 12.4 Å². The van der Waals surface area contributed by atoms with Crippen LogP contribution in [0.2, 0.25) is 0 Å². The Kier molecular flexibility index (Phi) is 4.84. The van der Waals surface area contributed by atoms with Crippen LogP contribution in [0.5, 0.6) is 0 Å². The molecule has 2 aromatic carbocycles. The van der Waals surface area contributed by atoms with Crippen molar-refractivity contribution >= 4 is 32.7 Å². The summed E-state index contributed by atoms with van der Waals surface area (Å²) in [6.45, 7) is 2.22. The standard InChI is InChI=1S/C21H21N5O4S/c27-20(24-28)16-8-22-21(23-9-16)25-10-17-12-26(13-18(17)11-25)31(29,30)19-6-5-14-3-1-2-4-15(14)7-19/h1-9,17-18,28H,10-13H2,(H,24,27). The number of nitrogens with one attached hydrogen (secondary N) is 1. The zero-order valence-corrected chi connectivity index (χ0v) is 17.4. The first kappa shape index (κ1) is 19.9. The maximum Gasteiger partial charge on any atom is 0.277 e. The predicted octanol–water partition coefficient (Wildman–Crippen LogP) is 1.51. The molecule has 1 amide bonds. The first-order valence-corrected chi connectivity index (χ1v) is 11.4. The molecular formula is C21H21N5O4S. The third-order valence-corrected chi connectivity index (χ3v) is 7.92. The first-order valence-electron chi connectivity index (χ1n) is 9.96. The fourth-order valence-corrected chi connectivity index (χ4v) is 6.04. The monoisotopic (exact) mass is 439 g/mol. The van der Waals surface area contributed by atoms with Crippen LogP contribution in [0.3, 0.4) is 0 Å². The molecule has 31 heavy (non-hydrogen) atoms. The van der Waals surface area contributed by atoms with E-state index in [0.717, 1.165) is 10.8 Å². The average molecular weight is 439 g/mol. The smallest absolute Gasteiger partial charge is 0.277 e. The molecule has 5 rings (SSSR count). The number of sulfonamides is 1. The highest BCUT2D eigenvalue weighted by molar-refractivity contribution is 7.89. The number of carbonyl (C=O) groups excluding carboxylic acids is 1. The van der Waals surface area contributed by atoms with Crippen LogP contribution in [0.15, 0.2) is 59.8 Å². The number of amides is 1. The molecule has 3 heterocycles. The van der Waals surface area contributed by atoms with E-state index >= 15 is 0 Å². The topological polar surface area (TPSA) is 116 Å². The minimum atomic E-state index is -3.56. The molecule has 0 radical (unpaired) electrons. The Morgan fingerprint density at radius 3 is 2.26 bits per heavy atom. The highest BCUT2D eigenvalue weighted by Gasteiger charge is 2.44. The third-order valence-electron chi connectivity index (χ3n) is 6.10. The normalized spacial score (nSPS) is 21.4. The largest absolute Gasteiger partial charge is 0.340 e. The molecule has 2 aliphatic heterocycles. The predicted molar refractivity (Wildman–Crippen MR) is 113 cm³/mol. The van der Waals surface area contributed by atoms with Crippen molar-refractivity contribution in [3.63, 3.8) is 0 Å². The van der Waals surface area contributed by atoms with E-state index in [1.807, 2.05) is 35.2 Å². The lowest BCUT2D eigenvalue weighted by molar-refractivity contribution is 0.0705. The second-order valence-electron chi connectivity index (χ2n) is 7.97. The van der Waals surface area contributed by atoms with Gasteiger partial charge in [-0.25, -0.2) is 23.9 Å². The van der Waals surface area contributed by atoms with Crippen molar-refractivity contribution in [2.75, 3.05) is 31.1 Å². The van der Waals surface area contributed by atoms with Gasteiger partial charge < -0.3 is 4.90 Å². The molecule has 0 aliphatic carbocycles. The Bertz CT molecular complexity index is 1230. The van der Waals surface area contributed by atoms with E-state index in [0.29, 0.717) is 37.0 Å². The minimum absolute atomic E-state index is 0.165. The summed E-state index contributed by atoms with van der Waals surface area (Å²) in [5, 5.41) is 10.6. The number of hydroxylamine groups is 1.